The Morgan fingerprint density at radius 1 is 1.16 bits per heavy atom. The van der Waals surface area contributed by atoms with Gasteiger partial charge in [-0.1, -0.05) is 12.1 Å². The lowest BCUT2D eigenvalue weighted by Gasteiger charge is -2.12. The third kappa shape index (κ3) is 3.45. The quantitative estimate of drug-likeness (QED) is 0.359. The minimum absolute atomic E-state index is 0.0114. The van der Waals surface area contributed by atoms with Gasteiger partial charge in [-0.2, -0.15) is 0 Å². The maximum atomic E-state index is 12.3. The van der Waals surface area contributed by atoms with E-state index in [1.807, 2.05) is 0 Å². The molecule has 3 rings (SSSR count). The highest BCUT2D eigenvalue weighted by Gasteiger charge is 2.16. The molecule has 7 nitrogen and oxygen atoms in total. The molecule has 0 aromatic heterocycles. The Hall–Kier alpha value is -3.35. The van der Waals surface area contributed by atoms with E-state index in [4.69, 9.17) is 9.47 Å². The summed E-state index contributed by atoms with van der Waals surface area (Å²) in [5.74, 6) is 0.915. The van der Waals surface area contributed by atoms with Crippen molar-refractivity contribution in [2.24, 2.45) is 0 Å². The molecule has 0 spiro atoms. The molecule has 25 heavy (non-hydrogen) atoms. The number of hydrogen-bond acceptors (Lipinski definition) is 6. The number of rotatable bonds is 5. The lowest BCUT2D eigenvalue weighted by atomic mass is 10.1. The Labute approximate surface area is 144 Å². The van der Waals surface area contributed by atoms with Crippen molar-refractivity contribution in [1.29, 1.82) is 0 Å². The van der Waals surface area contributed by atoms with Gasteiger partial charge < -0.3 is 14.4 Å². The summed E-state index contributed by atoms with van der Waals surface area (Å²) in [6.07, 6.45) is 2.94. The first-order chi connectivity index (χ1) is 12.0. The predicted molar refractivity (Wildman–Crippen MR) is 93.4 cm³/mol. The van der Waals surface area contributed by atoms with Crippen LogP contribution in [-0.2, 0) is 0 Å². The minimum Gasteiger partial charge on any atom is -0.454 e. The molecule has 0 radical (unpaired) electrons. The van der Waals surface area contributed by atoms with Crippen LogP contribution in [0.25, 0.3) is 6.08 Å². The number of benzene rings is 2. The molecule has 0 N–H and O–H groups in total. The van der Waals surface area contributed by atoms with Gasteiger partial charge >= 0.3 is 0 Å². The smallest absolute Gasteiger partial charge is 0.293 e. The second kappa shape index (κ2) is 6.64. The first kappa shape index (κ1) is 16.5. The van der Waals surface area contributed by atoms with Crippen molar-refractivity contribution < 1.29 is 19.2 Å². The molecule has 0 atom stereocenters. The van der Waals surface area contributed by atoms with E-state index in [0.29, 0.717) is 28.3 Å². The van der Waals surface area contributed by atoms with Crippen molar-refractivity contribution in [3.8, 4) is 11.5 Å². The summed E-state index contributed by atoms with van der Waals surface area (Å²) < 4.78 is 10.5. The molecule has 0 amide bonds. The zero-order chi connectivity index (χ0) is 18.0. The first-order valence-corrected chi connectivity index (χ1v) is 7.53. The van der Waals surface area contributed by atoms with Crippen molar-refractivity contribution in [2.75, 3.05) is 25.8 Å². The highest BCUT2D eigenvalue weighted by atomic mass is 16.7. The lowest BCUT2D eigenvalue weighted by Crippen LogP contribution is -2.10. The summed E-state index contributed by atoms with van der Waals surface area (Å²) in [5.41, 5.74) is 1.53. The molecular formula is C18H16N2O5. The van der Waals surface area contributed by atoms with Gasteiger partial charge in [-0.3, -0.25) is 14.9 Å². The standard InChI is InChI=1S/C18H16N2O5/c1-19(2)14-6-3-12(9-15(14)20(22)23)4-7-16(21)13-5-8-17-18(10-13)25-11-24-17/h3-10H,11H2,1-2H3/b7-4+. The summed E-state index contributed by atoms with van der Waals surface area (Å²) >= 11 is 0. The van der Waals surface area contributed by atoms with Gasteiger partial charge in [-0.15, -0.1) is 0 Å². The van der Waals surface area contributed by atoms with Gasteiger partial charge in [0.05, 0.1) is 4.92 Å². The number of carbonyl (C=O) groups excluding carboxylic acids is 1. The minimum atomic E-state index is -0.438. The number of hydrogen-bond donors (Lipinski definition) is 0. The second-order valence-electron chi connectivity index (χ2n) is 5.67. The van der Waals surface area contributed by atoms with Gasteiger partial charge in [0.15, 0.2) is 17.3 Å². The Balaban J connectivity index is 1.83. The molecule has 0 saturated carbocycles. The van der Waals surface area contributed by atoms with E-state index in [1.54, 1.807) is 55.4 Å². The maximum absolute atomic E-state index is 12.3. The molecule has 0 saturated heterocycles. The van der Waals surface area contributed by atoms with Crippen LogP contribution in [-0.4, -0.2) is 31.6 Å². The zero-order valence-corrected chi connectivity index (χ0v) is 13.8. The number of carbonyl (C=O) groups is 1. The zero-order valence-electron chi connectivity index (χ0n) is 13.8. The fourth-order valence-electron chi connectivity index (χ4n) is 2.49. The van der Waals surface area contributed by atoms with Crippen molar-refractivity contribution in [3.05, 3.63) is 63.7 Å². The largest absolute Gasteiger partial charge is 0.454 e. The maximum Gasteiger partial charge on any atom is 0.293 e. The molecule has 2 aromatic rings. The number of ether oxygens (including phenoxy) is 2. The molecule has 128 valence electrons. The number of ketones is 1. The summed E-state index contributed by atoms with van der Waals surface area (Å²) in [6, 6.07) is 9.78. The molecule has 1 aliphatic rings. The second-order valence-corrected chi connectivity index (χ2v) is 5.67. The predicted octanol–water partition coefficient (Wildman–Crippen LogP) is 3.29. The van der Waals surface area contributed by atoms with E-state index in [9.17, 15) is 14.9 Å². The Kier molecular flexibility index (Phi) is 4.38. The molecule has 0 fully saturated rings. The number of nitro groups is 1. The van der Waals surface area contributed by atoms with Crippen LogP contribution in [0.4, 0.5) is 11.4 Å². The number of fused-ring (bicyclic) bond motifs is 1. The molecule has 0 aliphatic carbocycles. The van der Waals surface area contributed by atoms with E-state index < -0.39 is 4.92 Å². The van der Waals surface area contributed by atoms with Crippen LogP contribution in [0.3, 0.4) is 0 Å². The molecule has 7 heteroatoms. The van der Waals surface area contributed by atoms with Crippen LogP contribution in [0.5, 0.6) is 11.5 Å². The van der Waals surface area contributed by atoms with Gasteiger partial charge in [0.25, 0.3) is 5.69 Å². The summed E-state index contributed by atoms with van der Waals surface area (Å²) in [6.45, 7) is 0.144. The Morgan fingerprint density at radius 2 is 1.92 bits per heavy atom. The van der Waals surface area contributed by atoms with E-state index in [0.717, 1.165) is 0 Å². The third-order valence-corrected chi connectivity index (χ3v) is 3.76. The molecule has 1 heterocycles. The van der Waals surface area contributed by atoms with Crippen molar-refractivity contribution in [2.45, 2.75) is 0 Å². The van der Waals surface area contributed by atoms with Crippen LogP contribution in [0, 0.1) is 10.1 Å². The topological polar surface area (TPSA) is 81.9 Å². The Morgan fingerprint density at radius 3 is 2.64 bits per heavy atom. The van der Waals surface area contributed by atoms with Crippen LogP contribution >= 0.6 is 0 Å². The van der Waals surface area contributed by atoms with Gasteiger partial charge in [-0.05, 0) is 35.9 Å². The molecule has 0 bridgehead atoms. The summed E-state index contributed by atoms with van der Waals surface area (Å²) in [7, 11) is 3.47. The number of nitro benzene ring substituents is 1. The molecule has 2 aromatic carbocycles. The summed E-state index contributed by atoms with van der Waals surface area (Å²) in [4.78, 5) is 24.7. The van der Waals surface area contributed by atoms with Crippen molar-refractivity contribution in [3.63, 3.8) is 0 Å². The third-order valence-electron chi connectivity index (χ3n) is 3.76. The SMILES string of the molecule is CN(C)c1ccc(/C=C/C(=O)c2ccc3c(c2)OCO3)cc1[N+](=O)[O-]. The van der Waals surface area contributed by atoms with Crippen LogP contribution in [0.15, 0.2) is 42.5 Å². The highest BCUT2D eigenvalue weighted by Crippen LogP contribution is 2.33. The average molecular weight is 340 g/mol. The van der Waals surface area contributed by atoms with Crippen molar-refractivity contribution >= 4 is 23.2 Å². The van der Waals surface area contributed by atoms with E-state index >= 15 is 0 Å². The van der Waals surface area contributed by atoms with E-state index in [-0.39, 0.29) is 18.3 Å². The molecule has 0 unspecified atom stereocenters. The van der Waals surface area contributed by atoms with Crippen LogP contribution in [0.1, 0.15) is 15.9 Å². The fourth-order valence-corrected chi connectivity index (χ4v) is 2.49. The van der Waals surface area contributed by atoms with Crippen molar-refractivity contribution in [1.82, 2.24) is 0 Å². The molecule has 1 aliphatic heterocycles. The van der Waals surface area contributed by atoms with Gasteiger partial charge in [-0.25, -0.2) is 0 Å². The number of allylic oxidation sites excluding steroid dienone is 1. The highest BCUT2D eigenvalue weighted by molar-refractivity contribution is 6.07. The first-order valence-electron chi connectivity index (χ1n) is 7.53. The monoisotopic (exact) mass is 340 g/mol. The van der Waals surface area contributed by atoms with E-state index in [2.05, 4.69) is 0 Å². The van der Waals surface area contributed by atoms with Gasteiger partial charge in [0.2, 0.25) is 6.79 Å². The van der Waals surface area contributed by atoms with E-state index in [1.165, 1.54) is 12.1 Å². The van der Waals surface area contributed by atoms with Crippen LogP contribution in [0.2, 0.25) is 0 Å². The van der Waals surface area contributed by atoms with Crippen LogP contribution < -0.4 is 14.4 Å². The normalized spacial score (nSPS) is 12.4. The average Bonchev–Trinajstić information content (AvgIpc) is 3.06. The Bertz CT molecular complexity index is 874. The number of nitrogens with zero attached hydrogens (tertiary/aromatic N) is 2. The fraction of sp³-hybridized carbons (Fsp3) is 0.167. The van der Waals surface area contributed by atoms with Gasteiger partial charge in [0.1, 0.15) is 5.69 Å². The van der Waals surface area contributed by atoms with Gasteiger partial charge in [0, 0.05) is 25.7 Å². The molecular weight excluding hydrogens is 324 g/mol. The lowest BCUT2D eigenvalue weighted by molar-refractivity contribution is -0.384. The number of anilines is 1. The summed E-state index contributed by atoms with van der Waals surface area (Å²) in [5, 5.41) is 11.2.